The van der Waals surface area contributed by atoms with Crippen molar-refractivity contribution in [3.05, 3.63) is 0 Å². The molecule has 0 atom stereocenters. The maximum absolute atomic E-state index is 11.5. The Morgan fingerprint density at radius 2 is 1.09 bits per heavy atom. The van der Waals surface area contributed by atoms with Gasteiger partial charge >= 0.3 is 20.2 Å². The molecule has 0 saturated carbocycles. The molecule has 0 bridgehead atoms. The van der Waals surface area contributed by atoms with Crippen molar-refractivity contribution in [3.63, 3.8) is 0 Å². The maximum atomic E-state index is 11.5. The molecule has 130 valence electrons. The van der Waals surface area contributed by atoms with Crippen molar-refractivity contribution in [1.29, 1.82) is 0 Å². The van der Waals surface area contributed by atoms with Crippen LogP contribution >= 0.6 is 0 Å². The molecule has 0 aromatic heterocycles. The molecule has 8 nitrogen and oxygen atoms in total. The highest BCUT2D eigenvalue weighted by Gasteiger charge is 2.13. The van der Waals surface area contributed by atoms with E-state index >= 15 is 0 Å². The molecule has 0 heterocycles. The average Bonchev–Trinajstić information content (AvgIpc) is 2.46. The van der Waals surface area contributed by atoms with E-state index in [2.05, 4.69) is 18.9 Å². The van der Waals surface area contributed by atoms with E-state index in [0.717, 1.165) is 12.8 Å². The van der Waals surface area contributed by atoms with E-state index in [4.69, 9.17) is 0 Å². The number of hydrogen-bond donors (Lipinski definition) is 0. The molecule has 0 N–H and O–H groups in total. The van der Waals surface area contributed by atoms with Crippen molar-refractivity contribution < 1.29 is 25.4 Å². The lowest BCUT2D eigenvalue weighted by molar-refractivity contribution is 0.333. The zero-order valence-corrected chi connectivity index (χ0v) is 15.0. The van der Waals surface area contributed by atoms with E-state index in [-0.39, 0.29) is 22.9 Å². The number of nitrogens with zero attached hydrogens (tertiary/aromatic N) is 2. The van der Waals surface area contributed by atoms with Crippen LogP contribution in [0.2, 0.25) is 0 Å². The largest absolute Gasteiger partial charge is 0.328 e. The van der Waals surface area contributed by atoms with Crippen LogP contribution < -0.4 is 0 Å². The van der Waals surface area contributed by atoms with Crippen molar-refractivity contribution in [2.45, 2.75) is 53.4 Å². The fourth-order valence-corrected chi connectivity index (χ4v) is 2.96. The average molecular weight is 356 g/mol. The minimum absolute atomic E-state index is 0.116. The van der Waals surface area contributed by atoms with Gasteiger partial charge in [-0.05, 0) is 26.7 Å². The number of oxime groups is 2. The second-order valence-corrected chi connectivity index (χ2v) is 8.08. The normalized spacial score (nSPS) is 14.0. The summed E-state index contributed by atoms with van der Waals surface area (Å²) in [5, 5.41) is 6.87. The molecule has 0 aliphatic carbocycles. The van der Waals surface area contributed by atoms with Gasteiger partial charge in [0.2, 0.25) is 0 Å². The highest BCUT2D eigenvalue weighted by molar-refractivity contribution is 7.86. The van der Waals surface area contributed by atoms with Crippen LogP contribution in [0, 0.1) is 0 Å². The summed E-state index contributed by atoms with van der Waals surface area (Å²) >= 11 is 0. The summed E-state index contributed by atoms with van der Waals surface area (Å²) in [6.45, 7) is 6.60. The first-order valence-electron chi connectivity index (χ1n) is 7.05. The monoisotopic (exact) mass is 356 g/mol. The van der Waals surface area contributed by atoms with Gasteiger partial charge in [0, 0.05) is 0 Å². The number of hydrogen-bond acceptors (Lipinski definition) is 8. The van der Waals surface area contributed by atoms with Crippen LogP contribution in [-0.2, 0) is 28.8 Å². The molecule has 0 aliphatic heterocycles. The third-order valence-corrected chi connectivity index (χ3v) is 4.78. The summed E-state index contributed by atoms with van der Waals surface area (Å²) in [6.07, 6.45) is 2.38. The predicted octanol–water partition coefficient (Wildman–Crippen LogP) is 2.03. The van der Waals surface area contributed by atoms with Gasteiger partial charge in [0.25, 0.3) is 0 Å². The van der Waals surface area contributed by atoms with Crippen LogP contribution in [0.1, 0.15) is 53.4 Å². The summed E-state index contributed by atoms with van der Waals surface area (Å²) in [7, 11) is -7.46. The second kappa shape index (κ2) is 9.78. The molecule has 22 heavy (non-hydrogen) atoms. The van der Waals surface area contributed by atoms with Crippen molar-refractivity contribution in [1.82, 2.24) is 0 Å². The van der Waals surface area contributed by atoms with Crippen LogP contribution in [0.5, 0.6) is 0 Å². The van der Waals surface area contributed by atoms with Crippen molar-refractivity contribution in [3.8, 4) is 0 Å². The molecule has 10 heteroatoms. The predicted molar refractivity (Wildman–Crippen MR) is 85.8 cm³/mol. The molecule has 0 aromatic rings. The van der Waals surface area contributed by atoms with Crippen molar-refractivity contribution >= 4 is 31.7 Å². The molecule has 0 rings (SSSR count). The van der Waals surface area contributed by atoms with Gasteiger partial charge in [0.05, 0.1) is 11.5 Å². The zero-order chi connectivity index (χ0) is 17.2. The SMILES string of the molecule is CCCCS(=O)(=O)ON=C(C)C(C)=NOS(=O)(=O)CCCC. The third-order valence-electron chi connectivity index (χ3n) is 2.59. The third kappa shape index (κ3) is 9.72. The first kappa shape index (κ1) is 20.8. The first-order chi connectivity index (χ1) is 10.1. The molecular weight excluding hydrogens is 332 g/mol. The van der Waals surface area contributed by atoms with Crippen LogP contribution in [0.3, 0.4) is 0 Å². The Labute approximate surface area is 132 Å². The Morgan fingerprint density at radius 3 is 1.36 bits per heavy atom. The Kier molecular flexibility index (Phi) is 9.26. The summed E-state index contributed by atoms with van der Waals surface area (Å²) in [4.78, 5) is 0. The van der Waals surface area contributed by atoms with E-state index in [0.29, 0.717) is 12.8 Å². The topological polar surface area (TPSA) is 111 Å². The quantitative estimate of drug-likeness (QED) is 0.413. The molecule has 0 aliphatic rings. The van der Waals surface area contributed by atoms with Crippen LogP contribution in [-0.4, -0.2) is 39.8 Å². The Hall–Kier alpha value is -1.16. The van der Waals surface area contributed by atoms with Gasteiger partial charge in [-0.2, -0.15) is 16.8 Å². The summed E-state index contributed by atoms with van der Waals surface area (Å²) in [6, 6.07) is 0. The van der Waals surface area contributed by atoms with E-state index in [1.807, 2.05) is 13.8 Å². The fourth-order valence-electron chi connectivity index (χ4n) is 1.07. The van der Waals surface area contributed by atoms with Gasteiger partial charge in [-0.1, -0.05) is 37.0 Å². The van der Waals surface area contributed by atoms with Gasteiger partial charge < -0.3 is 0 Å². The lowest BCUT2D eigenvalue weighted by atomic mass is 10.3. The fraction of sp³-hybridized carbons (Fsp3) is 0.833. The smallest absolute Gasteiger partial charge is 0.268 e. The minimum atomic E-state index is -3.73. The summed E-state index contributed by atoms with van der Waals surface area (Å²) in [5.41, 5.74) is 0.233. The van der Waals surface area contributed by atoms with E-state index in [1.165, 1.54) is 13.8 Å². The second-order valence-electron chi connectivity index (χ2n) is 4.73. The lowest BCUT2D eigenvalue weighted by Gasteiger charge is -2.03. The molecule has 0 saturated heterocycles. The Balaban J connectivity index is 4.67. The molecular formula is C12H24N2O6S2. The van der Waals surface area contributed by atoms with Gasteiger partial charge in [0.1, 0.15) is 11.4 Å². The van der Waals surface area contributed by atoms with E-state index in [9.17, 15) is 16.8 Å². The zero-order valence-electron chi connectivity index (χ0n) is 13.4. The van der Waals surface area contributed by atoms with Gasteiger partial charge in [0.15, 0.2) is 0 Å². The standard InChI is InChI=1S/C12H24N2O6S2/c1-5-7-9-21(15,16)19-13-11(3)12(4)14-20-22(17,18)10-8-6-2/h5-10H2,1-4H3. The first-order valence-corrected chi connectivity index (χ1v) is 10.2. The number of unbranched alkanes of at least 4 members (excludes halogenated alkanes) is 2. The molecule has 0 fully saturated rings. The Bertz CT molecular complexity index is 539. The summed E-state index contributed by atoms with van der Waals surface area (Å²) in [5.74, 6) is -0.253. The van der Waals surface area contributed by atoms with Gasteiger partial charge in [-0.3, -0.25) is 8.57 Å². The van der Waals surface area contributed by atoms with Crippen LogP contribution in [0.25, 0.3) is 0 Å². The van der Waals surface area contributed by atoms with Crippen molar-refractivity contribution in [2.75, 3.05) is 11.5 Å². The molecule has 0 spiro atoms. The molecule has 0 radical (unpaired) electrons. The summed E-state index contributed by atoms with van der Waals surface area (Å²) < 4.78 is 54.8. The lowest BCUT2D eigenvalue weighted by Crippen LogP contribution is -2.14. The highest BCUT2D eigenvalue weighted by Crippen LogP contribution is 2.02. The minimum Gasteiger partial charge on any atom is -0.268 e. The molecule has 0 aromatic carbocycles. The maximum Gasteiger partial charge on any atom is 0.328 e. The molecule has 0 unspecified atom stereocenters. The number of rotatable bonds is 11. The Morgan fingerprint density at radius 1 is 0.773 bits per heavy atom. The van der Waals surface area contributed by atoms with E-state index < -0.39 is 20.2 Å². The van der Waals surface area contributed by atoms with Crippen molar-refractivity contribution in [2.24, 2.45) is 10.3 Å². The van der Waals surface area contributed by atoms with Gasteiger partial charge in [-0.25, -0.2) is 0 Å². The van der Waals surface area contributed by atoms with Gasteiger partial charge in [-0.15, -0.1) is 0 Å². The molecule has 0 amide bonds. The van der Waals surface area contributed by atoms with Crippen LogP contribution in [0.4, 0.5) is 0 Å². The van der Waals surface area contributed by atoms with E-state index in [1.54, 1.807) is 0 Å². The van der Waals surface area contributed by atoms with Crippen LogP contribution in [0.15, 0.2) is 10.3 Å². The highest BCUT2D eigenvalue weighted by atomic mass is 32.2.